The van der Waals surface area contributed by atoms with Gasteiger partial charge in [-0.25, -0.2) is 9.87 Å². The molecule has 0 amide bonds. The van der Waals surface area contributed by atoms with Crippen LogP contribution in [0.1, 0.15) is 5.56 Å². The Bertz CT molecular complexity index is 488. The first kappa shape index (κ1) is 12.5. The first-order valence-electron chi connectivity index (χ1n) is 4.25. The number of nitrogens with one attached hydrogen (secondary N) is 1. The second kappa shape index (κ2) is 5.51. The lowest BCUT2D eigenvalue weighted by Crippen LogP contribution is -2.27. The van der Waals surface area contributed by atoms with Crippen molar-refractivity contribution in [3.05, 3.63) is 39.7 Å². The Morgan fingerprint density at radius 3 is 2.94 bits per heavy atom. The number of nitro groups is 1. The van der Waals surface area contributed by atoms with E-state index in [1.807, 2.05) is 0 Å². The summed E-state index contributed by atoms with van der Waals surface area (Å²) in [6, 6.07) is 2.97. The summed E-state index contributed by atoms with van der Waals surface area (Å²) in [7, 11) is 0. The molecule has 1 aromatic rings. The van der Waals surface area contributed by atoms with Crippen molar-refractivity contribution in [2.24, 2.45) is 15.9 Å². The maximum absolute atomic E-state index is 13.2. The number of nitro benzene ring substituents is 1. The molecular weight excluding hydrogens is 233 g/mol. The molecule has 0 radical (unpaired) electrons. The van der Waals surface area contributed by atoms with Crippen molar-refractivity contribution in [3.8, 4) is 0 Å². The van der Waals surface area contributed by atoms with Crippen LogP contribution >= 0.6 is 0 Å². The number of halogens is 1. The van der Waals surface area contributed by atoms with Gasteiger partial charge < -0.3 is 5.73 Å². The maximum Gasteiger partial charge on any atom is 0.270 e. The summed E-state index contributed by atoms with van der Waals surface area (Å²) in [5.41, 5.74) is 6.14. The van der Waals surface area contributed by atoms with Crippen molar-refractivity contribution >= 4 is 17.9 Å². The lowest BCUT2D eigenvalue weighted by atomic mass is 10.2. The maximum atomic E-state index is 13.2. The van der Waals surface area contributed by atoms with Gasteiger partial charge in [-0.2, -0.15) is 5.10 Å². The molecule has 0 heterocycles. The van der Waals surface area contributed by atoms with E-state index in [0.717, 1.165) is 24.4 Å². The molecule has 0 fully saturated rings. The van der Waals surface area contributed by atoms with Crippen molar-refractivity contribution < 1.29 is 14.5 Å². The first-order chi connectivity index (χ1) is 8.04. The van der Waals surface area contributed by atoms with E-state index in [1.165, 1.54) is 5.48 Å². The quantitative estimate of drug-likeness (QED) is 0.305. The highest BCUT2D eigenvalue weighted by molar-refractivity contribution is 5.82. The number of rotatable bonds is 3. The van der Waals surface area contributed by atoms with Crippen LogP contribution in [0.15, 0.2) is 28.4 Å². The minimum Gasteiger partial charge on any atom is -0.367 e. The Morgan fingerprint density at radius 2 is 2.35 bits per heavy atom. The zero-order valence-corrected chi connectivity index (χ0v) is 8.37. The largest absolute Gasteiger partial charge is 0.367 e. The molecule has 0 aliphatic rings. The lowest BCUT2D eigenvalue weighted by Gasteiger charge is -1.96. The third kappa shape index (κ3) is 3.50. The first-order valence-corrected chi connectivity index (χ1v) is 4.25. The van der Waals surface area contributed by atoms with Crippen LogP contribution in [0, 0.1) is 15.9 Å². The van der Waals surface area contributed by atoms with Gasteiger partial charge in [0.15, 0.2) is 0 Å². The van der Waals surface area contributed by atoms with E-state index in [1.54, 1.807) is 0 Å². The third-order valence-electron chi connectivity index (χ3n) is 1.67. The van der Waals surface area contributed by atoms with Gasteiger partial charge in [0.05, 0.1) is 11.1 Å². The molecule has 0 aliphatic carbocycles. The van der Waals surface area contributed by atoms with Crippen LogP contribution < -0.4 is 11.2 Å². The van der Waals surface area contributed by atoms with Crippen LogP contribution in [-0.4, -0.2) is 22.3 Å². The van der Waals surface area contributed by atoms with Crippen molar-refractivity contribution in [3.63, 3.8) is 0 Å². The third-order valence-corrected chi connectivity index (χ3v) is 1.67. The van der Waals surface area contributed by atoms with Gasteiger partial charge in [-0.15, -0.1) is 5.10 Å². The molecule has 8 nitrogen and oxygen atoms in total. The highest BCUT2D eigenvalue weighted by atomic mass is 19.1. The Hall–Kier alpha value is -2.55. The van der Waals surface area contributed by atoms with Gasteiger partial charge in [0.1, 0.15) is 5.82 Å². The summed E-state index contributed by atoms with van der Waals surface area (Å²) in [6.07, 6.45) is 0.937. The molecule has 0 aliphatic heterocycles. The van der Waals surface area contributed by atoms with Crippen LogP contribution in [-0.2, 0) is 0 Å². The molecule has 17 heavy (non-hydrogen) atoms. The number of benzene rings is 1. The van der Waals surface area contributed by atoms with E-state index in [4.69, 9.17) is 10.9 Å². The Kier molecular flexibility index (Phi) is 4.06. The molecule has 1 rings (SSSR count). The average molecular weight is 241 g/mol. The van der Waals surface area contributed by atoms with Crippen LogP contribution in [0.5, 0.6) is 0 Å². The van der Waals surface area contributed by atoms with Gasteiger partial charge in [0.25, 0.3) is 5.69 Å². The summed E-state index contributed by atoms with van der Waals surface area (Å²) in [5.74, 6) is -1.09. The van der Waals surface area contributed by atoms with Crippen molar-refractivity contribution in [1.29, 1.82) is 0 Å². The van der Waals surface area contributed by atoms with E-state index in [0.29, 0.717) is 0 Å². The fourth-order valence-corrected chi connectivity index (χ4v) is 0.919. The zero-order chi connectivity index (χ0) is 12.8. The Morgan fingerprint density at radius 1 is 1.65 bits per heavy atom. The molecule has 0 spiro atoms. The summed E-state index contributed by atoms with van der Waals surface area (Å²) in [4.78, 5) is 9.78. The normalized spacial score (nSPS) is 11.8. The molecule has 90 valence electrons. The van der Waals surface area contributed by atoms with Gasteiger partial charge >= 0.3 is 0 Å². The highest BCUT2D eigenvalue weighted by Crippen LogP contribution is 2.15. The number of hydrogen-bond donors (Lipinski definition) is 3. The average Bonchev–Trinajstić information content (AvgIpc) is 2.30. The second-order valence-electron chi connectivity index (χ2n) is 2.80. The summed E-state index contributed by atoms with van der Waals surface area (Å²) in [5, 5.41) is 25.2. The van der Waals surface area contributed by atoms with Crippen LogP contribution in [0.2, 0.25) is 0 Å². The van der Waals surface area contributed by atoms with Gasteiger partial charge in [0, 0.05) is 17.7 Å². The molecule has 1 aromatic carbocycles. The van der Waals surface area contributed by atoms with Gasteiger partial charge in [0.2, 0.25) is 5.96 Å². The molecule has 0 aromatic heterocycles. The Labute approximate surface area is 94.4 Å². The van der Waals surface area contributed by atoms with Crippen LogP contribution in [0.25, 0.3) is 0 Å². The summed E-state index contributed by atoms with van der Waals surface area (Å²) < 4.78 is 13.2. The summed E-state index contributed by atoms with van der Waals surface area (Å²) >= 11 is 0. The minimum atomic E-state index is -0.690. The lowest BCUT2D eigenvalue weighted by molar-refractivity contribution is -0.384. The van der Waals surface area contributed by atoms with Crippen molar-refractivity contribution in [2.75, 3.05) is 0 Å². The molecule has 4 N–H and O–H groups in total. The minimum absolute atomic E-state index is 0.117. The Balaban J connectivity index is 2.98. The predicted octanol–water partition coefficient (Wildman–Crippen LogP) is 0.361. The molecule has 0 bridgehead atoms. The van der Waals surface area contributed by atoms with E-state index in [-0.39, 0.29) is 11.3 Å². The molecule has 9 heteroatoms. The monoisotopic (exact) mass is 241 g/mol. The zero-order valence-electron chi connectivity index (χ0n) is 8.37. The fraction of sp³-hybridized carbons (Fsp3) is 0. The van der Waals surface area contributed by atoms with Crippen molar-refractivity contribution in [2.45, 2.75) is 0 Å². The van der Waals surface area contributed by atoms with Gasteiger partial charge in [-0.3, -0.25) is 15.3 Å². The SMILES string of the molecule is NC(=NN=Cc1cc([N+](=O)[O-])ccc1F)NO. The molecule has 0 saturated heterocycles. The second-order valence-corrected chi connectivity index (χ2v) is 2.80. The van der Waals surface area contributed by atoms with E-state index >= 15 is 0 Å². The number of guanidine groups is 1. The number of hydrogen-bond acceptors (Lipinski definition) is 5. The van der Waals surface area contributed by atoms with Gasteiger partial charge in [-0.1, -0.05) is 0 Å². The highest BCUT2D eigenvalue weighted by Gasteiger charge is 2.08. The van der Waals surface area contributed by atoms with E-state index in [9.17, 15) is 14.5 Å². The number of nitrogens with zero attached hydrogens (tertiary/aromatic N) is 3. The summed E-state index contributed by atoms with van der Waals surface area (Å²) in [6.45, 7) is 0. The smallest absolute Gasteiger partial charge is 0.270 e. The van der Waals surface area contributed by atoms with Gasteiger partial charge in [-0.05, 0) is 6.07 Å². The standard InChI is InChI=1S/C8H8FN5O3/c9-7-2-1-6(14(16)17)3-5(7)4-11-12-8(10)13-15/h1-4,15H,(H3,10,12,13). The van der Waals surface area contributed by atoms with E-state index < -0.39 is 16.7 Å². The van der Waals surface area contributed by atoms with Crippen LogP contribution in [0.3, 0.4) is 0 Å². The topological polar surface area (TPSA) is 126 Å². The molecule has 0 atom stereocenters. The fourth-order valence-electron chi connectivity index (χ4n) is 0.919. The van der Waals surface area contributed by atoms with Crippen molar-refractivity contribution in [1.82, 2.24) is 5.48 Å². The number of non-ortho nitro benzene ring substituents is 1. The number of nitrogens with two attached hydrogens (primary N) is 1. The molecule has 0 unspecified atom stereocenters. The molecular formula is C8H8FN5O3. The van der Waals surface area contributed by atoms with Crippen LogP contribution in [0.4, 0.5) is 10.1 Å². The number of hydroxylamine groups is 1. The van der Waals surface area contributed by atoms with E-state index in [2.05, 4.69) is 10.2 Å². The predicted molar refractivity (Wildman–Crippen MR) is 57.2 cm³/mol. The molecule has 0 saturated carbocycles.